The summed E-state index contributed by atoms with van der Waals surface area (Å²) < 4.78 is 0.975. The highest BCUT2D eigenvalue weighted by atomic mass is 79.9. The molecule has 0 unspecified atom stereocenters. The van der Waals surface area contributed by atoms with Crippen molar-refractivity contribution in [1.29, 1.82) is 0 Å². The van der Waals surface area contributed by atoms with Crippen LogP contribution < -0.4 is 0 Å². The second kappa shape index (κ2) is 4.37. The van der Waals surface area contributed by atoms with Gasteiger partial charge < -0.3 is 4.98 Å². The highest BCUT2D eigenvalue weighted by molar-refractivity contribution is 9.11. The molecular formula is C14H10BrNOS. The SMILES string of the molecule is Cc1[nH]c2ccccc2c1C(=O)c1csc(Br)c1. The lowest BCUT2D eigenvalue weighted by Crippen LogP contribution is -2.00. The molecule has 4 heteroatoms. The van der Waals surface area contributed by atoms with Gasteiger partial charge >= 0.3 is 0 Å². The Balaban J connectivity index is 2.20. The van der Waals surface area contributed by atoms with E-state index >= 15 is 0 Å². The average molecular weight is 320 g/mol. The average Bonchev–Trinajstić information content (AvgIpc) is 2.91. The maximum absolute atomic E-state index is 12.5. The predicted molar refractivity (Wildman–Crippen MR) is 78.5 cm³/mol. The number of fused-ring (bicyclic) bond motifs is 1. The number of rotatable bonds is 2. The van der Waals surface area contributed by atoms with Gasteiger partial charge in [0.2, 0.25) is 0 Å². The van der Waals surface area contributed by atoms with E-state index in [1.807, 2.05) is 42.6 Å². The molecule has 0 amide bonds. The number of H-pyrrole nitrogens is 1. The molecule has 90 valence electrons. The smallest absolute Gasteiger partial charge is 0.196 e. The summed E-state index contributed by atoms with van der Waals surface area (Å²) >= 11 is 4.92. The Morgan fingerprint density at radius 3 is 2.83 bits per heavy atom. The fourth-order valence-electron chi connectivity index (χ4n) is 2.14. The number of aromatic amines is 1. The van der Waals surface area contributed by atoms with E-state index in [0.29, 0.717) is 0 Å². The number of carbonyl (C=O) groups is 1. The Labute approximate surface area is 117 Å². The van der Waals surface area contributed by atoms with Crippen LogP contribution in [0.5, 0.6) is 0 Å². The number of aryl methyl sites for hydroxylation is 1. The third-order valence-electron chi connectivity index (χ3n) is 2.95. The number of aromatic nitrogens is 1. The largest absolute Gasteiger partial charge is 0.358 e. The molecule has 0 spiro atoms. The molecule has 0 saturated heterocycles. The van der Waals surface area contributed by atoms with Crippen LogP contribution >= 0.6 is 27.3 Å². The third-order valence-corrected chi connectivity index (χ3v) is 4.45. The Morgan fingerprint density at radius 2 is 2.11 bits per heavy atom. The van der Waals surface area contributed by atoms with E-state index in [4.69, 9.17) is 0 Å². The van der Waals surface area contributed by atoms with E-state index in [2.05, 4.69) is 20.9 Å². The maximum atomic E-state index is 12.5. The van der Waals surface area contributed by atoms with Crippen molar-refractivity contribution in [1.82, 2.24) is 4.98 Å². The number of hydrogen-bond donors (Lipinski definition) is 1. The summed E-state index contributed by atoms with van der Waals surface area (Å²) in [6, 6.07) is 9.76. The van der Waals surface area contributed by atoms with Gasteiger partial charge in [0.1, 0.15) is 0 Å². The van der Waals surface area contributed by atoms with Gasteiger partial charge in [0.25, 0.3) is 0 Å². The summed E-state index contributed by atoms with van der Waals surface area (Å²) in [5.41, 5.74) is 3.44. The molecule has 1 aromatic carbocycles. The highest BCUT2D eigenvalue weighted by Crippen LogP contribution is 2.28. The van der Waals surface area contributed by atoms with E-state index in [0.717, 1.165) is 31.5 Å². The molecule has 0 saturated carbocycles. The quantitative estimate of drug-likeness (QED) is 0.691. The fourth-order valence-corrected chi connectivity index (χ4v) is 3.28. The van der Waals surface area contributed by atoms with Crippen LogP contribution in [0, 0.1) is 6.92 Å². The van der Waals surface area contributed by atoms with E-state index < -0.39 is 0 Å². The van der Waals surface area contributed by atoms with Crippen molar-refractivity contribution in [3.63, 3.8) is 0 Å². The first kappa shape index (κ1) is 11.7. The van der Waals surface area contributed by atoms with Crippen LogP contribution in [0.2, 0.25) is 0 Å². The van der Waals surface area contributed by atoms with Crippen LogP contribution in [0.4, 0.5) is 0 Å². The first-order valence-electron chi connectivity index (χ1n) is 5.53. The zero-order chi connectivity index (χ0) is 12.7. The van der Waals surface area contributed by atoms with Gasteiger partial charge in [-0.1, -0.05) is 18.2 Å². The number of benzene rings is 1. The van der Waals surface area contributed by atoms with E-state index in [1.54, 1.807) is 0 Å². The van der Waals surface area contributed by atoms with Crippen molar-refractivity contribution in [3.8, 4) is 0 Å². The number of halogens is 1. The van der Waals surface area contributed by atoms with Gasteiger partial charge in [-0.3, -0.25) is 4.79 Å². The summed E-state index contributed by atoms with van der Waals surface area (Å²) in [6.07, 6.45) is 0. The van der Waals surface area contributed by atoms with Crippen LogP contribution in [0.1, 0.15) is 21.6 Å². The number of nitrogens with one attached hydrogen (secondary N) is 1. The van der Waals surface area contributed by atoms with Crippen LogP contribution in [0.25, 0.3) is 10.9 Å². The normalized spacial score (nSPS) is 11.0. The molecule has 0 atom stereocenters. The first-order valence-corrected chi connectivity index (χ1v) is 7.20. The molecule has 0 aliphatic heterocycles. The lowest BCUT2D eigenvalue weighted by molar-refractivity contribution is 0.104. The van der Waals surface area contributed by atoms with Crippen molar-refractivity contribution < 1.29 is 4.79 Å². The Morgan fingerprint density at radius 1 is 1.33 bits per heavy atom. The summed E-state index contributed by atoms with van der Waals surface area (Å²) in [6.45, 7) is 1.94. The molecule has 3 aromatic rings. The van der Waals surface area contributed by atoms with Gasteiger partial charge in [-0.15, -0.1) is 11.3 Å². The third kappa shape index (κ3) is 1.82. The standard InChI is InChI=1S/C14H10BrNOS/c1-8-13(10-4-2-3-5-11(10)16-8)14(17)9-6-12(15)18-7-9/h2-7,16H,1H3. The summed E-state index contributed by atoms with van der Waals surface area (Å²) in [5.74, 6) is 0.0758. The molecule has 0 bridgehead atoms. The number of thiophene rings is 1. The number of carbonyl (C=O) groups excluding carboxylic acids is 1. The first-order chi connectivity index (χ1) is 8.66. The molecule has 2 aromatic heterocycles. The second-order valence-corrected chi connectivity index (χ2v) is 6.43. The molecule has 3 rings (SSSR count). The molecule has 2 heterocycles. The zero-order valence-electron chi connectivity index (χ0n) is 9.66. The van der Waals surface area contributed by atoms with Gasteiger partial charge in [-0.05, 0) is 35.0 Å². The molecule has 0 fully saturated rings. The highest BCUT2D eigenvalue weighted by Gasteiger charge is 2.18. The summed E-state index contributed by atoms with van der Waals surface area (Å²) in [4.78, 5) is 15.8. The van der Waals surface area contributed by atoms with Crippen molar-refractivity contribution in [2.75, 3.05) is 0 Å². The van der Waals surface area contributed by atoms with Gasteiger partial charge in [0.05, 0.1) is 9.35 Å². The zero-order valence-corrected chi connectivity index (χ0v) is 12.1. The van der Waals surface area contributed by atoms with E-state index in [1.165, 1.54) is 11.3 Å². The van der Waals surface area contributed by atoms with E-state index in [9.17, 15) is 4.79 Å². The van der Waals surface area contributed by atoms with Gasteiger partial charge in [0.15, 0.2) is 5.78 Å². The number of para-hydroxylation sites is 1. The Bertz CT molecular complexity index is 741. The predicted octanol–water partition coefficient (Wildman–Crippen LogP) is 4.53. The van der Waals surface area contributed by atoms with E-state index in [-0.39, 0.29) is 5.78 Å². The molecule has 0 radical (unpaired) electrons. The monoisotopic (exact) mass is 319 g/mol. The minimum absolute atomic E-state index is 0.0758. The van der Waals surface area contributed by atoms with Crippen molar-refractivity contribution >= 4 is 44.0 Å². The maximum Gasteiger partial charge on any atom is 0.196 e. The molecule has 0 aliphatic carbocycles. The Hall–Kier alpha value is -1.39. The number of ketones is 1. The fraction of sp³-hybridized carbons (Fsp3) is 0.0714. The molecule has 0 aliphatic rings. The Kier molecular flexibility index (Phi) is 2.84. The van der Waals surface area contributed by atoms with Gasteiger partial charge in [0, 0.05) is 27.5 Å². The van der Waals surface area contributed by atoms with Crippen LogP contribution in [0.15, 0.2) is 39.5 Å². The molecule has 18 heavy (non-hydrogen) atoms. The van der Waals surface area contributed by atoms with Crippen LogP contribution in [-0.2, 0) is 0 Å². The lowest BCUT2D eigenvalue weighted by atomic mass is 10.0. The topological polar surface area (TPSA) is 32.9 Å². The lowest BCUT2D eigenvalue weighted by Gasteiger charge is -1.98. The minimum atomic E-state index is 0.0758. The molecular weight excluding hydrogens is 310 g/mol. The van der Waals surface area contributed by atoms with Crippen LogP contribution in [-0.4, -0.2) is 10.8 Å². The van der Waals surface area contributed by atoms with Crippen molar-refractivity contribution in [3.05, 3.63) is 56.3 Å². The number of hydrogen-bond acceptors (Lipinski definition) is 2. The molecule has 2 nitrogen and oxygen atoms in total. The second-order valence-electron chi connectivity index (χ2n) is 4.14. The summed E-state index contributed by atoms with van der Waals surface area (Å²) in [7, 11) is 0. The van der Waals surface area contributed by atoms with Crippen molar-refractivity contribution in [2.24, 2.45) is 0 Å². The minimum Gasteiger partial charge on any atom is -0.358 e. The van der Waals surface area contributed by atoms with Gasteiger partial charge in [-0.2, -0.15) is 0 Å². The van der Waals surface area contributed by atoms with Gasteiger partial charge in [-0.25, -0.2) is 0 Å². The van der Waals surface area contributed by atoms with Crippen molar-refractivity contribution in [2.45, 2.75) is 6.92 Å². The van der Waals surface area contributed by atoms with Crippen LogP contribution in [0.3, 0.4) is 0 Å². The molecule has 1 N–H and O–H groups in total. The summed E-state index contributed by atoms with van der Waals surface area (Å²) in [5, 5.41) is 2.87.